The Morgan fingerprint density at radius 3 is 2.00 bits per heavy atom. The topological polar surface area (TPSA) is 0 Å². The number of hydrogen-bond acceptors (Lipinski definition) is 3. The van der Waals surface area contributed by atoms with Gasteiger partial charge in [-0.3, -0.25) is 0 Å². The van der Waals surface area contributed by atoms with E-state index in [9.17, 15) is 0 Å². The lowest BCUT2D eigenvalue weighted by atomic mass is 10.0. The van der Waals surface area contributed by atoms with Crippen molar-refractivity contribution in [2.45, 2.75) is 67.7 Å². The van der Waals surface area contributed by atoms with Gasteiger partial charge in [0.25, 0.3) is 0 Å². The van der Waals surface area contributed by atoms with E-state index in [4.69, 9.17) is 0 Å². The molecule has 0 fully saturated rings. The van der Waals surface area contributed by atoms with Crippen LogP contribution in [0.1, 0.15) is 68.8 Å². The quantitative estimate of drug-likeness (QED) is 0.429. The standard InChI is InChI=1S/C18H22S3.C3H8.C2H6/c1-6-9-15(19-5)17-13(7-2)14(8-3)18(21-17)16-11-10-12(4)20-16;1-3-2;1-2/h6,9-11H,1,7-8H2,2-5H3;3H2,1-2H3;1-2H3/b15-9-;;. The molecule has 0 N–H and O–H groups in total. The van der Waals surface area contributed by atoms with E-state index in [-0.39, 0.29) is 0 Å². The average Bonchev–Trinajstić information content (AvgIpc) is 3.24. The van der Waals surface area contributed by atoms with Crippen molar-refractivity contribution in [1.82, 2.24) is 0 Å². The smallest absolute Gasteiger partial charge is 0.0484 e. The summed E-state index contributed by atoms with van der Waals surface area (Å²) in [7, 11) is 0. The van der Waals surface area contributed by atoms with Crippen LogP contribution in [0.4, 0.5) is 0 Å². The Bertz CT molecular complexity index is 672. The third-order valence-electron chi connectivity index (χ3n) is 3.50. The minimum Gasteiger partial charge on any atom is -0.140 e. The summed E-state index contributed by atoms with van der Waals surface area (Å²) in [4.78, 5) is 7.02. The van der Waals surface area contributed by atoms with Gasteiger partial charge < -0.3 is 0 Å². The van der Waals surface area contributed by atoms with E-state index >= 15 is 0 Å². The second kappa shape index (κ2) is 14.3. The molecule has 0 unspecified atom stereocenters. The Kier molecular flexibility index (Phi) is 13.9. The fourth-order valence-corrected chi connectivity index (χ4v) is 5.87. The average molecular weight is 409 g/mol. The van der Waals surface area contributed by atoms with Crippen molar-refractivity contribution >= 4 is 39.3 Å². The molecule has 0 radical (unpaired) electrons. The highest BCUT2D eigenvalue weighted by Crippen LogP contribution is 2.45. The van der Waals surface area contributed by atoms with E-state index in [1.165, 1.54) is 42.0 Å². The molecular formula is C23H36S3. The molecule has 0 saturated carbocycles. The van der Waals surface area contributed by atoms with E-state index in [1.807, 2.05) is 54.4 Å². The van der Waals surface area contributed by atoms with Crippen LogP contribution in [-0.4, -0.2) is 6.26 Å². The SMILES string of the molecule is C=C/C=C(\SC)c1sc(-c2ccc(C)s2)c(CC)c1CC.CC.CCC. The Hall–Kier alpha value is -0.770. The Labute approximate surface area is 174 Å². The molecule has 0 bridgehead atoms. The summed E-state index contributed by atoms with van der Waals surface area (Å²) in [5.41, 5.74) is 3.05. The molecule has 2 heterocycles. The Morgan fingerprint density at radius 2 is 1.62 bits per heavy atom. The maximum atomic E-state index is 3.86. The van der Waals surface area contributed by atoms with Crippen molar-refractivity contribution in [1.29, 1.82) is 0 Å². The molecule has 2 rings (SSSR count). The number of rotatable bonds is 6. The second-order valence-electron chi connectivity index (χ2n) is 5.51. The van der Waals surface area contributed by atoms with Gasteiger partial charge in [-0.15, -0.1) is 34.4 Å². The number of thiophene rings is 2. The van der Waals surface area contributed by atoms with Crippen molar-refractivity contribution < 1.29 is 0 Å². The monoisotopic (exact) mass is 408 g/mol. The van der Waals surface area contributed by atoms with Gasteiger partial charge in [-0.1, -0.05) is 60.6 Å². The molecule has 0 aliphatic rings. The number of hydrogen-bond donors (Lipinski definition) is 0. The van der Waals surface area contributed by atoms with Crippen LogP contribution in [0.5, 0.6) is 0 Å². The number of aryl methyl sites for hydroxylation is 1. The van der Waals surface area contributed by atoms with Gasteiger partial charge in [0.15, 0.2) is 0 Å². The van der Waals surface area contributed by atoms with E-state index in [0.717, 1.165) is 12.8 Å². The first kappa shape index (κ1) is 25.2. The molecule has 0 aromatic carbocycles. The van der Waals surface area contributed by atoms with Gasteiger partial charge in [-0.2, -0.15) is 0 Å². The molecule has 26 heavy (non-hydrogen) atoms. The fourth-order valence-electron chi connectivity index (χ4n) is 2.55. The Morgan fingerprint density at radius 1 is 1.04 bits per heavy atom. The lowest BCUT2D eigenvalue weighted by Crippen LogP contribution is -1.90. The maximum absolute atomic E-state index is 3.86. The van der Waals surface area contributed by atoms with Crippen molar-refractivity contribution in [2.75, 3.05) is 6.26 Å². The molecule has 0 saturated heterocycles. The van der Waals surface area contributed by atoms with Crippen LogP contribution in [0.25, 0.3) is 14.7 Å². The molecule has 2 aromatic heterocycles. The highest BCUT2D eigenvalue weighted by atomic mass is 32.2. The minimum atomic E-state index is 1.09. The van der Waals surface area contributed by atoms with Crippen LogP contribution in [0.15, 0.2) is 30.9 Å². The zero-order chi connectivity index (χ0) is 20.1. The van der Waals surface area contributed by atoms with Crippen LogP contribution < -0.4 is 0 Å². The first-order valence-corrected chi connectivity index (χ1v) is 12.5. The van der Waals surface area contributed by atoms with E-state index in [2.05, 4.69) is 65.7 Å². The number of thioether (sulfide) groups is 1. The molecule has 146 valence electrons. The zero-order valence-electron chi connectivity index (χ0n) is 17.9. The molecule has 0 aliphatic carbocycles. The van der Waals surface area contributed by atoms with Crippen LogP contribution >= 0.6 is 34.4 Å². The predicted molar refractivity (Wildman–Crippen MR) is 130 cm³/mol. The molecular weight excluding hydrogens is 372 g/mol. The van der Waals surface area contributed by atoms with Crippen molar-refractivity contribution in [3.8, 4) is 9.75 Å². The Balaban J connectivity index is 0.00000113. The van der Waals surface area contributed by atoms with Crippen LogP contribution in [0.2, 0.25) is 0 Å². The lowest BCUT2D eigenvalue weighted by molar-refractivity contribution is 1.05. The van der Waals surface area contributed by atoms with Gasteiger partial charge in [0.1, 0.15) is 0 Å². The van der Waals surface area contributed by atoms with Gasteiger partial charge in [0, 0.05) is 24.4 Å². The molecule has 0 aliphatic heterocycles. The molecule has 0 spiro atoms. The summed E-state index contributed by atoms with van der Waals surface area (Å²) in [6, 6.07) is 4.49. The van der Waals surface area contributed by atoms with Crippen LogP contribution in [-0.2, 0) is 12.8 Å². The highest BCUT2D eigenvalue weighted by Gasteiger charge is 2.19. The van der Waals surface area contributed by atoms with E-state index in [0.29, 0.717) is 0 Å². The first-order chi connectivity index (χ1) is 12.6. The summed E-state index contributed by atoms with van der Waals surface area (Å²) in [5, 5.41) is 0. The maximum Gasteiger partial charge on any atom is 0.0484 e. The fraction of sp³-hybridized carbons (Fsp3) is 0.478. The molecule has 0 nitrogen and oxygen atoms in total. The van der Waals surface area contributed by atoms with Gasteiger partial charge in [0.05, 0.1) is 0 Å². The predicted octanol–water partition coefficient (Wildman–Crippen LogP) is 9.24. The second-order valence-corrected chi connectivity index (χ2v) is 8.67. The summed E-state index contributed by atoms with van der Waals surface area (Å²) < 4.78 is 0. The first-order valence-electron chi connectivity index (χ1n) is 9.66. The summed E-state index contributed by atoms with van der Waals surface area (Å²) in [6.07, 6.45) is 9.62. The summed E-state index contributed by atoms with van der Waals surface area (Å²) in [6.45, 7) is 18.8. The third-order valence-corrected chi connectivity index (χ3v) is 6.90. The van der Waals surface area contributed by atoms with Gasteiger partial charge in [-0.25, -0.2) is 0 Å². The normalized spacial score (nSPS) is 10.5. The molecule has 0 amide bonds. The van der Waals surface area contributed by atoms with Crippen LogP contribution in [0, 0.1) is 6.92 Å². The van der Waals surface area contributed by atoms with E-state index < -0.39 is 0 Å². The molecule has 0 atom stereocenters. The third kappa shape index (κ3) is 6.75. The summed E-state index contributed by atoms with van der Waals surface area (Å²) >= 11 is 5.66. The lowest BCUT2D eigenvalue weighted by Gasteiger charge is -2.05. The molecule has 3 heteroatoms. The molecule has 2 aromatic rings. The highest BCUT2D eigenvalue weighted by molar-refractivity contribution is 8.07. The van der Waals surface area contributed by atoms with Gasteiger partial charge in [0.2, 0.25) is 0 Å². The van der Waals surface area contributed by atoms with Crippen molar-refractivity contribution in [2.24, 2.45) is 0 Å². The van der Waals surface area contributed by atoms with Crippen molar-refractivity contribution in [3.05, 3.63) is 51.7 Å². The van der Waals surface area contributed by atoms with Gasteiger partial charge >= 0.3 is 0 Å². The van der Waals surface area contributed by atoms with Crippen LogP contribution in [0.3, 0.4) is 0 Å². The van der Waals surface area contributed by atoms with E-state index in [1.54, 1.807) is 0 Å². The summed E-state index contributed by atoms with van der Waals surface area (Å²) in [5.74, 6) is 0. The van der Waals surface area contributed by atoms with Crippen molar-refractivity contribution in [3.63, 3.8) is 0 Å². The largest absolute Gasteiger partial charge is 0.140 e. The number of allylic oxidation sites excluding steroid dienone is 2. The minimum absolute atomic E-state index is 1.09. The zero-order valence-corrected chi connectivity index (χ0v) is 20.3. The van der Waals surface area contributed by atoms with Gasteiger partial charge in [-0.05, 0) is 55.4 Å².